The minimum Gasteiger partial charge on any atom is -0.491 e. The summed E-state index contributed by atoms with van der Waals surface area (Å²) in [6.07, 6.45) is 6.09. The molecule has 1 saturated carbocycles. The number of aryl methyl sites for hydroxylation is 2. The van der Waals surface area contributed by atoms with Gasteiger partial charge >= 0.3 is 0 Å². The van der Waals surface area contributed by atoms with Crippen molar-refractivity contribution in [3.63, 3.8) is 0 Å². The van der Waals surface area contributed by atoms with E-state index in [0.29, 0.717) is 31.2 Å². The molecule has 2 aromatic rings. The molecule has 3 N–H and O–H groups in total. The summed E-state index contributed by atoms with van der Waals surface area (Å²) in [6, 6.07) is 5.91. The highest BCUT2D eigenvalue weighted by Crippen LogP contribution is 2.38. The minimum absolute atomic E-state index is 0.342. The number of aromatic nitrogens is 2. The van der Waals surface area contributed by atoms with E-state index in [1.54, 1.807) is 6.33 Å². The third-order valence-corrected chi connectivity index (χ3v) is 5.73. The van der Waals surface area contributed by atoms with E-state index in [9.17, 15) is 9.90 Å². The maximum Gasteiger partial charge on any atom is 0.256 e. The zero-order chi connectivity index (χ0) is 20.4. The predicted molar refractivity (Wildman–Crippen MR) is 111 cm³/mol. The molecule has 2 heterocycles. The van der Waals surface area contributed by atoms with Crippen molar-refractivity contribution in [2.24, 2.45) is 0 Å². The van der Waals surface area contributed by atoms with Crippen LogP contribution in [-0.4, -0.2) is 45.8 Å². The van der Waals surface area contributed by atoms with Crippen LogP contribution in [0.1, 0.15) is 43.5 Å². The molecular formula is C22H28N4O3. The number of anilines is 1. The molecule has 1 unspecified atom stereocenters. The monoisotopic (exact) mass is 396 g/mol. The SMILES string of the molecule is Cc1ncnc(C)c1-c1cc(NC(=O)C2(O)CC2)ccc1OCC1CCCCN1. The van der Waals surface area contributed by atoms with E-state index >= 15 is 0 Å². The lowest BCUT2D eigenvalue weighted by Crippen LogP contribution is -2.38. The van der Waals surface area contributed by atoms with Gasteiger partial charge in [0.1, 0.15) is 24.3 Å². The molecule has 0 radical (unpaired) electrons. The molecule has 2 fully saturated rings. The van der Waals surface area contributed by atoms with Gasteiger partial charge in [0.25, 0.3) is 5.91 Å². The fourth-order valence-electron chi connectivity index (χ4n) is 3.76. The lowest BCUT2D eigenvalue weighted by atomic mass is 10.0. The zero-order valence-corrected chi connectivity index (χ0v) is 17.0. The lowest BCUT2D eigenvalue weighted by molar-refractivity contribution is -0.125. The van der Waals surface area contributed by atoms with Gasteiger partial charge in [0, 0.05) is 34.2 Å². The van der Waals surface area contributed by atoms with Gasteiger partial charge in [0.15, 0.2) is 0 Å². The van der Waals surface area contributed by atoms with Gasteiger partial charge in [-0.25, -0.2) is 9.97 Å². The fraction of sp³-hybridized carbons (Fsp3) is 0.500. The smallest absolute Gasteiger partial charge is 0.256 e. The Morgan fingerprint density at radius 1 is 1.28 bits per heavy atom. The number of nitrogens with zero attached hydrogens (tertiary/aromatic N) is 2. The van der Waals surface area contributed by atoms with Crippen LogP contribution in [0.5, 0.6) is 5.75 Å². The molecule has 1 aromatic carbocycles. The maximum absolute atomic E-state index is 12.3. The van der Waals surface area contributed by atoms with E-state index in [-0.39, 0.29) is 5.91 Å². The maximum atomic E-state index is 12.3. The highest BCUT2D eigenvalue weighted by atomic mass is 16.5. The van der Waals surface area contributed by atoms with E-state index in [2.05, 4.69) is 20.6 Å². The second kappa shape index (κ2) is 8.08. The quantitative estimate of drug-likeness (QED) is 0.695. The number of carbonyl (C=O) groups is 1. The summed E-state index contributed by atoms with van der Waals surface area (Å²) in [7, 11) is 0. The van der Waals surface area contributed by atoms with Crippen molar-refractivity contribution in [2.75, 3.05) is 18.5 Å². The Morgan fingerprint density at radius 3 is 2.69 bits per heavy atom. The molecule has 4 rings (SSSR count). The van der Waals surface area contributed by atoms with E-state index < -0.39 is 5.60 Å². The summed E-state index contributed by atoms with van der Waals surface area (Å²) < 4.78 is 6.20. The topological polar surface area (TPSA) is 96.4 Å². The highest BCUT2D eigenvalue weighted by Gasteiger charge is 2.48. The van der Waals surface area contributed by atoms with Crippen LogP contribution < -0.4 is 15.4 Å². The third-order valence-electron chi connectivity index (χ3n) is 5.73. The first-order valence-corrected chi connectivity index (χ1v) is 10.3. The summed E-state index contributed by atoms with van der Waals surface area (Å²) in [5, 5.41) is 16.4. The van der Waals surface area contributed by atoms with Gasteiger partial charge < -0.3 is 20.5 Å². The van der Waals surface area contributed by atoms with Crippen LogP contribution in [-0.2, 0) is 4.79 Å². The number of benzene rings is 1. The number of rotatable bonds is 6. The normalized spacial score (nSPS) is 20.2. The molecule has 29 heavy (non-hydrogen) atoms. The fourth-order valence-corrected chi connectivity index (χ4v) is 3.76. The minimum atomic E-state index is -1.22. The van der Waals surface area contributed by atoms with Crippen LogP contribution in [0, 0.1) is 13.8 Å². The summed E-state index contributed by atoms with van der Waals surface area (Å²) >= 11 is 0. The van der Waals surface area contributed by atoms with Crippen molar-refractivity contribution in [3.8, 4) is 16.9 Å². The number of nitrogens with one attached hydrogen (secondary N) is 2. The van der Waals surface area contributed by atoms with Crippen LogP contribution >= 0.6 is 0 Å². The molecule has 1 aromatic heterocycles. The average molecular weight is 396 g/mol. The van der Waals surface area contributed by atoms with Crippen molar-refractivity contribution >= 4 is 11.6 Å². The first-order valence-electron chi connectivity index (χ1n) is 10.3. The highest BCUT2D eigenvalue weighted by molar-refractivity contribution is 5.99. The first-order chi connectivity index (χ1) is 14.0. The Bertz CT molecular complexity index is 885. The first kappa shape index (κ1) is 19.8. The molecule has 1 atom stereocenters. The second-order valence-electron chi connectivity index (χ2n) is 8.07. The van der Waals surface area contributed by atoms with Crippen molar-refractivity contribution in [3.05, 3.63) is 35.9 Å². The van der Waals surface area contributed by atoms with Crippen LogP contribution in [0.4, 0.5) is 5.69 Å². The Morgan fingerprint density at radius 2 is 2.03 bits per heavy atom. The number of hydrogen-bond donors (Lipinski definition) is 3. The van der Waals surface area contributed by atoms with Crippen LogP contribution in [0.15, 0.2) is 24.5 Å². The molecule has 7 heteroatoms. The molecule has 1 aliphatic carbocycles. The van der Waals surface area contributed by atoms with Crippen molar-refractivity contribution < 1.29 is 14.6 Å². The molecule has 154 valence electrons. The summed E-state index contributed by atoms with van der Waals surface area (Å²) in [6.45, 7) is 5.49. The largest absolute Gasteiger partial charge is 0.491 e. The Balaban J connectivity index is 1.63. The van der Waals surface area contributed by atoms with Crippen molar-refractivity contribution in [1.29, 1.82) is 0 Å². The molecule has 7 nitrogen and oxygen atoms in total. The molecule has 0 bridgehead atoms. The number of amides is 1. The zero-order valence-electron chi connectivity index (χ0n) is 17.0. The van der Waals surface area contributed by atoms with E-state index in [1.165, 1.54) is 12.8 Å². The van der Waals surface area contributed by atoms with Gasteiger partial charge in [0.2, 0.25) is 0 Å². The van der Waals surface area contributed by atoms with Gasteiger partial charge in [-0.2, -0.15) is 0 Å². The van der Waals surface area contributed by atoms with Crippen LogP contribution in [0.25, 0.3) is 11.1 Å². The number of piperidine rings is 1. The Labute approximate surface area is 170 Å². The summed E-state index contributed by atoms with van der Waals surface area (Å²) in [4.78, 5) is 21.0. The van der Waals surface area contributed by atoms with Crippen LogP contribution in [0.2, 0.25) is 0 Å². The number of ether oxygens (including phenoxy) is 1. The summed E-state index contributed by atoms with van der Waals surface area (Å²) in [5.41, 5.74) is 2.85. The molecule has 1 amide bonds. The van der Waals surface area contributed by atoms with Crippen molar-refractivity contribution in [1.82, 2.24) is 15.3 Å². The lowest BCUT2D eigenvalue weighted by Gasteiger charge is -2.24. The standard InChI is InChI=1S/C22H28N4O3/c1-14-20(15(2)25-13-24-14)18-11-16(26-21(27)22(28)8-9-22)6-7-19(18)29-12-17-5-3-4-10-23-17/h6-7,11,13,17,23,28H,3-5,8-10,12H2,1-2H3,(H,26,27). The molecular weight excluding hydrogens is 368 g/mol. The van der Waals surface area contributed by atoms with Crippen molar-refractivity contribution in [2.45, 2.75) is 57.6 Å². The Hall–Kier alpha value is -2.51. The third kappa shape index (κ3) is 4.41. The average Bonchev–Trinajstić information content (AvgIpc) is 3.47. The molecule has 1 saturated heterocycles. The Kier molecular flexibility index (Phi) is 5.52. The van der Waals surface area contributed by atoms with Gasteiger partial charge in [-0.05, 0) is 64.3 Å². The van der Waals surface area contributed by atoms with Gasteiger partial charge in [-0.15, -0.1) is 0 Å². The molecule has 0 spiro atoms. The van der Waals surface area contributed by atoms with Gasteiger partial charge in [0.05, 0.1) is 0 Å². The summed E-state index contributed by atoms with van der Waals surface area (Å²) in [5.74, 6) is 0.378. The number of hydrogen-bond acceptors (Lipinski definition) is 6. The molecule has 1 aliphatic heterocycles. The number of aliphatic hydroxyl groups is 1. The van der Waals surface area contributed by atoms with E-state index in [0.717, 1.165) is 41.2 Å². The molecule has 2 aliphatic rings. The van der Waals surface area contributed by atoms with E-state index in [4.69, 9.17) is 4.74 Å². The predicted octanol–water partition coefficient (Wildman–Crippen LogP) is 2.74. The van der Waals surface area contributed by atoms with Gasteiger partial charge in [-0.1, -0.05) is 6.42 Å². The van der Waals surface area contributed by atoms with E-state index in [1.807, 2.05) is 32.0 Å². The van der Waals surface area contributed by atoms with Crippen LogP contribution in [0.3, 0.4) is 0 Å². The van der Waals surface area contributed by atoms with Gasteiger partial charge in [-0.3, -0.25) is 4.79 Å². The number of carbonyl (C=O) groups excluding carboxylic acids is 1. The second-order valence-corrected chi connectivity index (χ2v) is 8.07.